The summed E-state index contributed by atoms with van der Waals surface area (Å²) in [5.74, 6) is -0.957. The van der Waals surface area contributed by atoms with E-state index in [1.165, 1.54) is 12.1 Å². The largest absolute Gasteiger partial charge is 0.497 e. The summed E-state index contributed by atoms with van der Waals surface area (Å²) in [5.41, 5.74) is -0.738. The van der Waals surface area contributed by atoms with Gasteiger partial charge >= 0.3 is 7.12 Å². The van der Waals surface area contributed by atoms with Crippen LogP contribution in [-0.2, 0) is 15.9 Å². The molecule has 0 bridgehead atoms. The Bertz CT molecular complexity index is 531. The quantitative estimate of drug-likeness (QED) is 0.799. The molecule has 1 aromatic rings. The number of nitrogens with zero attached hydrogens (tertiary/aromatic N) is 1. The van der Waals surface area contributed by atoms with Crippen molar-refractivity contribution in [1.29, 1.82) is 0 Å². The van der Waals surface area contributed by atoms with Crippen molar-refractivity contribution in [2.24, 2.45) is 0 Å². The van der Waals surface area contributed by atoms with Crippen LogP contribution in [0, 0.1) is 11.6 Å². The third kappa shape index (κ3) is 3.12. The average Bonchev–Trinajstić information content (AvgIpc) is 2.52. The second-order valence-corrected chi connectivity index (χ2v) is 6.79. The molecule has 1 heterocycles. The molecule has 0 radical (unpaired) electrons. The number of rotatable bonds is 3. The van der Waals surface area contributed by atoms with Crippen molar-refractivity contribution < 1.29 is 18.1 Å². The Kier molecular flexibility index (Phi) is 4.17. The van der Waals surface area contributed by atoms with Crippen molar-refractivity contribution in [3.05, 3.63) is 29.3 Å². The fraction of sp³-hybridized carbons (Fsp3) is 0.600. The van der Waals surface area contributed by atoms with E-state index in [-0.39, 0.29) is 5.46 Å². The van der Waals surface area contributed by atoms with Gasteiger partial charge in [-0.3, -0.25) is 0 Å². The molecule has 3 nitrogen and oxygen atoms in total. The van der Waals surface area contributed by atoms with E-state index in [0.717, 1.165) is 0 Å². The summed E-state index contributed by atoms with van der Waals surface area (Å²) in [6, 6.07) is 2.39. The molecular formula is C15H22BF2NO2. The minimum atomic E-state index is -0.891. The van der Waals surface area contributed by atoms with Crippen LogP contribution < -0.4 is 5.46 Å². The van der Waals surface area contributed by atoms with E-state index in [4.69, 9.17) is 9.31 Å². The van der Waals surface area contributed by atoms with Crippen molar-refractivity contribution in [2.45, 2.75) is 45.4 Å². The molecule has 1 saturated heterocycles. The summed E-state index contributed by atoms with van der Waals surface area (Å²) < 4.78 is 40.0. The Morgan fingerprint density at radius 2 is 1.52 bits per heavy atom. The Labute approximate surface area is 125 Å². The summed E-state index contributed by atoms with van der Waals surface area (Å²) in [6.07, 6.45) is 0. The van der Waals surface area contributed by atoms with Gasteiger partial charge in [0.2, 0.25) is 0 Å². The van der Waals surface area contributed by atoms with E-state index in [2.05, 4.69) is 0 Å². The van der Waals surface area contributed by atoms with E-state index in [0.29, 0.717) is 12.1 Å². The Morgan fingerprint density at radius 1 is 1.00 bits per heavy atom. The number of benzene rings is 1. The smallest absolute Gasteiger partial charge is 0.399 e. The van der Waals surface area contributed by atoms with Gasteiger partial charge in [0, 0.05) is 17.6 Å². The fourth-order valence-electron chi connectivity index (χ4n) is 2.22. The van der Waals surface area contributed by atoms with E-state index in [1.807, 2.05) is 27.7 Å². The highest BCUT2D eigenvalue weighted by Gasteiger charge is 2.52. The van der Waals surface area contributed by atoms with Gasteiger partial charge in [0.1, 0.15) is 11.6 Å². The summed E-state index contributed by atoms with van der Waals surface area (Å²) in [5, 5.41) is 0. The molecule has 116 valence electrons. The molecule has 0 saturated carbocycles. The number of hydrogen-bond acceptors (Lipinski definition) is 3. The zero-order valence-corrected chi connectivity index (χ0v) is 13.5. The predicted molar refractivity (Wildman–Crippen MR) is 79.5 cm³/mol. The average molecular weight is 297 g/mol. The third-order valence-electron chi connectivity index (χ3n) is 4.16. The van der Waals surface area contributed by atoms with Gasteiger partial charge in [-0.1, -0.05) is 0 Å². The molecule has 21 heavy (non-hydrogen) atoms. The molecule has 0 atom stereocenters. The van der Waals surface area contributed by atoms with Crippen molar-refractivity contribution in [3.63, 3.8) is 0 Å². The third-order valence-corrected chi connectivity index (χ3v) is 4.16. The van der Waals surface area contributed by atoms with Crippen molar-refractivity contribution in [2.75, 3.05) is 14.1 Å². The highest BCUT2D eigenvalue weighted by molar-refractivity contribution is 6.62. The van der Waals surface area contributed by atoms with Gasteiger partial charge in [0.05, 0.1) is 11.2 Å². The van der Waals surface area contributed by atoms with Crippen LogP contribution in [0.5, 0.6) is 0 Å². The first kappa shape index (κ1) is 16.4. The highest BCUT2D eigenvalue weighted by Crippen LogP contribution is 2.36. The molecule has 6 heteroatoms. The maximum absolute atomic E-state index is 14.3. The summed E-state index contributed by atoms with van der Waals surface area (Å²) in [6.45, 7) is 7.85. The molecule has 0 aliphatic carbocycles. The van der Waals surface area contributed by atoms with E-state index < -0.39 is 30.0 Å². The molecule has 1 fully saturated rings. The molecule has 0 aromatic heterocycles. The van der Waals surface area contributed by atoms with Gasteiger partial charge in [-0.25, -0.2) is 8.78 Å². The molecule has 2 rings (SSSR count). The summed E-state index contributed by atoms with van der Waals surface area (Å²) in [7, 11) is 2.72. The van der Waals surface area contributed by atoms with Crippen LogP contribution in [0.15, 0.2) is 12.1 Å². The molecule has 0 unspecified atom stereocenters. The number of hydrogen-bond donors (Lipinski definition) is 0. The van der Waals surface area contributed by atoms with Crippen LogP contribution in [0.1, 0.15) is 33.3 Å². The van der Waals surface area contributed by atoms with Gasteiger partial charge in [0.25, 0.3) is 0 Å². The minimum absolute atomic E-state index is 0.105. The lowest BCUT2D eigenvalue weighted by Gasteiger charge is -2.32. The molecular weight excluding hydrogens is 275 g/mol. The van der Waals surface area contributed by atoms with Crippen LogP contribution in [-0.4, -0.2) is 37.3 Å². The van der Waals surface area contributed by atoms with E-state index in [9.17, 15) is 8.78 Å². The van der Waals surface area contributed by atoms with Crippen molar-refractivity contribution >= 4 is 12.6 Å². The molecule has 1 aliphatic rings. The summed E-state index contributed by atoms with van der Waals surface area (Å²) in [4.78, 5) is 1.78. The zero-order chi connectivity index (χ0) is 16.0. The number of halogens is 2. The van der Waals surface area contributed by atoms with Gasteiger partial charge in [0.15, 0.2) is 0 Å². The SMILES string of the molecule is CN(C)Cc1cc(F)c(B2OC(C)(C)C(C)(C)O2)cc1F. The zero-order valence-electron chi connectivity index (χ0n) is 13.5. The van der Waals surface area contributed by atoms with Crippen molar-refractivity contribution in [1.82, 2.24) is 4.90 Å². The monoisotopic (exact) mass is 297 g/mol. The molecule has 0 spiro atoms. The van der Waals surface area contributed by atoms with Crippen LogP contribution in [0.25, 0.3) is 0 Å². The summed E-state index contributed by atoms with van der Waals surface area (Å²) >= 11 is 0. The maximum Gasteiger partial charge on any atom is 0.497 e. The minimum Gasteiger partial charge on any atom is -0.399 e. The second kappa shape index (κ2) is 5.34. The van der Waals surface area contributed by atoms with Gasteiger partial charge in [-0.05, 0) is 53.9 Å². The van der Waals surface area contributed by atoms with Crippen LogP contribution in [0.4, 0.5) is 8.78 Å². The van der Waals surface area contributed by atoms with Crippen LogP contribution in [0.3, 0.4) is 0 Å². The van der Waals surface area contributed by atoms with E-state index >= 15 is 0 Å². The maximum atomic E-state index is 14.3. The molecule has 0 N–H and O–H groups in total. The van der Waals surface area contributed by atoms with Crippen molar-refractivity contribution in [3.8, 4) is 0 Å². The highest BCUT2D eigenvalue weighted by atomic mass is 19.1. The first-order chi connectivity index (χ1) is 9.53. The van der Waals surface area contributed by atoms with E-state index in [1.54, 1.807) is 19.0 Å². The van der Waals surface area contributed by atoms with Gasteiger partial charge in [-0.2, -0.15) is 0 Å². The predicted octanol–water partition coefficient (Wildman–Crippen LogP) is 2.33. The Hall–Kier alpha value is -0.975. The molecule has 0 amide bonds. The normalized spacial score (nSPS) is 20.3. The second-order valence-electron chi connectivity index (χ2n) is 6.79. The van der Waals surface area contributed by atoms with Gasteiger partial charge < -0.3 is 14.2 Å². The van der Waals surface area contributed by atoms with Crippen LogP contribution >= 0.6 is 0 Å². The Balaban J connectivity index is 2.32. The molecule has 1 aromatic carbocycles. The fourth-order valence-corrected chi connectivity index (χ4v) is 2.22. The topological polar surface area (TPSA) is 21.7 Å². The lowest BCUT2D eigenvalue weighted by Crippen LogP contribution is -2.41. The van der Waals surface area contributed by atoms with Crippen LogP contribution in [0.2, 0.25) is 0 Å². The standard InChI is InChI=1S/C15H22BF2NO2/c1-14(2)15(3,4)21-16(20-14)11-8-12(17)10(7-13(11)18)9-19(5)6/h7-8H,9H2,1-6H3. The molecule has 1 aliphatic heterocycles. The Morgan fingerprint density at radius 3 is 2.00 bits per heavy atom. The first-order valence-electron chi connectivity index (χ1n) is 7.02. The lowest BCUT2D eigenvalue weighted by atomic mass is 9.78. The lowest BCUT2D eigenvalue weighted by molar-refractivity contribution is 0.00578. The first-order valence-corrected chi connectivity index (χ1v) is 7.02. The van der Waals surface area contributed by atoms with Gasteiger partial charge in [-0.15, -0.1) is 0 Å².